The second-order valence-electron chi connectivity index (χ2n) is 6.13. The van der Waals surface area contributed by atoms with E-state index in [-0.39, 0.29) is 18.4 Å². The molecule has 0 aromatic carbocycles. The lowest BCUT2D eigenvalue weighted by atomic mass is 9.74. The molecule has 0 aromatic rings. The van der Waals surface area contributed by atoms with Crippen molar-refractivity contribution < 1.29 is 19.4 Å². The van der Waals surface area contributed by atoms with Crippen LogP contribution in [-0.4, -0.2) is 34.7 Å². The van der Waals surface area contributed by atoms with Gasteiger partial charge in [-0.2, -0.15) is 0 Å². The van der Waals surface area contributed by atoms with Crippen LogP contribution in [-0.2, 0) is 14.3 Å². The molecular weight excluding hydrogens is 258 g/mol. The molecule has 2 fully saturated rings. The molecule has 2 aliphatic carbocycles. The second kappa shape index (κ2) is 6.57. The summed E-state index contributed by atoms with van der Waals surface area (Å²) in [6.45, 7) is 1.93. The van der Waals surface area contributed by atoms with Crippen LogP contribution in [0.3, 0.4) is 0 Å². The molecule has 0 aliphatic heterocycles. The second-order valence-corrected chi connectivity index (χ2v) is 6.13. The van der Waals surface area contributed by atoms with Gasteiger partial charge >= 0.3 is 5.97 Å². The molecular formula is C15H25NO4. The normalized spacial score (nSPS) is 23.1. The molecule has 0 saturated heterocycles. The highest BCUT2D eigenvalue weighted by atomic mass is 16.5. The number of rotatable bonds is 7. The molecule has 114 valence electrons. The standard InChI is InChI=1S/C15H25NO4/c1-2-12(20-11-6-3-4-7-11)14(19)16-15(8-5-9-15)10-13(17)18/h11-12H,2-10H2,1H3,(H,16,19)(H,17,18). The summed E-state index contributed by atoms with van der Waals surface area (Å²) in [5.74, 6) is -0.991. The quantitative estimate of drug-likeness (QED) is 0.751. The Hall–Kier alpha value is -1.10. The summed E-state index contributed by atoms with van der Waals surface area (Å²) in [4.78, 5) is 23.2. The smallest absolute Gasteiger partial charge is 0.305 e. The molecule has 2 saturated carbocycles. The molecule has 2 rings (SSSR count). The number of carboxylic acids is 1. The maximum Gasteiger partial charge on any atom is 0.305 e. The van der Waals surface area contributed by atoms with Gasteiger partial charge in [0.1, 0.15) is 6.10 Å². The van der Waals surface area contributed by atoms with Crippen LogP contribution < -0.4 is 5.32 Å². The summed E-state index contributed by atoms with van der Waals surface area (Å²) in [6.07, 6.45) is 7.30. The maximum atomic E-state index is 12.3. The number of hydrogen-bond acceptors (Lipinski definition) is 3. The zero-order chi connectivity index (χ0) is 14.6. The van der Waals surface area contributed by atoms with E-state index >= 15 is 0 Å². The molecule has 0 bridgehead atoms. The molecule has 1 amide bonds. The average Bonchev–Trinajstić information content (AvgIpc) is 2.85. The van der Waals surface area contributed by atoms with Crippen LogP contribution in [0.2, 0.25) is 0 Å². The average molecular weight is 283 g/mol. The van der Waals surface area contributed by atoms with E-state index in [2.05, 4.69) is 5.32 Å². The van der Waals surface area contributed by atoms with Crippen molar-refractivity contribution in [3.8, 4) is 0 Å². The SMILES string of the molecule is CCC(OC1CCCC1)C(=O)NC1(CC(=O)O)CCC1. The highest BCUT2D eigenvalue weighted by Gasteiger charge is 2.41. The topological polar surface area (TPSA) is 75.6 Å². The van der Waals surface area contributed by atoms with E-state index in [0.29, 0.717) is 6.42 Å². The fourth-order valence-corrected chi connectivity index (χ4v) is 3.18. The highest BCUT2D eigenvalue weighted by molar-refractivity contribution is 5.82. The minimum Gasteiger partial charge on any atom is -0.481 e. The Bertz CT molecular complexity index is 359. The van der Waals surface area contributed by atoms with E-state index < -0.39 is 17.6 Å². The molecule has 20 heavy (non-hydrogen) atoms. The number of aliphatic carboxylic acids is 1. The van der Waals surface area contributed by atoms with Crippen molar-refractivity contribution in [1.82, 2.24) is 5.32 Å². The molecule has 1 atom stereocenters. The Labute approximate surface area is 120 Å². The molecule has 1 unspecified atom stereocenters. The summed E-state index contributed by atoms with van der Waals surface area (Å²) < 4.78 is 5.88. The van der Waals surface area contributed by atoms with Crippen LogP contribution in [0.1, 0.15) is 64.7 Å². The van der Waals surface area contributed by atoms with Gasteiger partial charge in [-0.3, -0.25) is 9.59 Å². The van der Waals surface area contributed by atoms with Gasteiger partial charge in [0.05, 0.1) is 18.1 Å². The minimum absolute atomic E-state index is 0.0125. The monoisotopic (exact) mass is 283 g/mol. The lowest BCUT2D eigenvalue weighted by molar-refractivity contribution is -0.144. The summed E-state index contributed by atoms with van der Waals surface area (Å²) in [6, 6.07) is 0. The highest BCUT2D eigenvalue weighted by Crippen LogP contribution is 2.35. The van der Waals surface area contributed by atoms with Gasteiger partial charge in [-0.05, 0) is 38.5 Å². The van der Waals surface area contributed by atoms with Gasteiger partial charge in [0.15, 0.2) is 0 Å². The number of nitrogens with one attached hydrogen (secondary N) is 1. The van der Waals surface area contributed by atoms with Gasteiger partial charge in [-0.25, -0.2) is 0 Å². The Balaban J connectivity index is 1.88. The van der Waals surface area contributed by atoms with Crippen LogP contribution in [0.5, 0.6) is 0 Å². The first-order valence-corrected chi connectivity index (χ1v) is 7.74. The number of amides is 1. The zero-order valence-corrected chi connectivity index (χ0v) is 12.2. The van der Waals surface area contributed by atoms with Crippen molar-refractivity contribution in [3.05, 3.63) is 0 Å². The molecule has 2 aliphatic rings. The number of carboxylic acid groups (broad SMARTS) is 1. The summed E-state index contributed by atoms with van der Waals surface area (Å²) in [7, 11) is 0. The van der Waals surface area contributed by atoms with E-state index in [9.17, 15) is 9.59 Å². The Morgan fingerprint density at radius 1 is 1.30 bits per heavy atom. The predicted octanol–water partition coefficient (Wildman–Crippen LogP) is 2.24. The Morgan fingerprint density at radius 2 is 1.95 bits per heavy atom. The van der Waals surface area contributed by atoms with Crippen molar-refractivity contribution in [3.63, 3.8) is 0 Å². The number of hydrogen-bond donors (Lipinski definition) is 2. The van der Waals surface area contributed by atoms with Gasteiger partial charge in [-0.15, -0.1) is 0 Å². The van der Waals surface area contributed by atoms with E-state index in [1.165, 1.54) is 12.8 Å². The van der Waals surface area contributed by atoms with Crippen LogP contribution in [0.4, 0.5) is 0 Å². The molecule has 0 heterocycles. The van der Waals surface area contributed by atoms with E-state index in [4.69, 9.17) is 9.84 Å². The largest absolute Gasteiger partial charge is 0.481 e. The molecule has 5 nitrogen and oxygen atoms in total. The summed E-state index contributed by atoms with van der Waals surface area (Å²) in [5.41, 5.74) is -0.532. The molecule has 0 radical (unpaired) electrons. The molecule has 2 N–H and O–H groups in total. The Morgan fingerprint density at radius 3 is 2.40 bits per heavy atom. The van der Waals surface area contributed by atoms with Crippen molar-refractivity contribution in [1.29, 1.82) is 0 Å². The van der Waals surface area contributed by atoms with Crippen molar-refractivity contribution >= 4 is 11.9 Å². The maximum absolute atomic E-state index is 12.3. The number of carbonyl (C=O) groups excluding carboxylic acids is 1. The number of ether oxygens (including phenoxy) is 1. The third-order valence-electron chi connectivity index (χ3n) is 4.51. The fourth-order valence-electron chi connectivity index (χ4n) is 3.18. The van der Waals surface area contributed by atoms with Crippen LogP contribution in [0.25, 0.3) is 0 Å². The van der Waals surface area contributed by atoms with Crippen molar-refractivity contribution in [2.45, 2.75) is 82.5 Å². The Kier molecular flexibility index (Phi) is 5.02. The van der Waals surface area contributed by atoms with Crippen molar-refractivity contribution in [2.24, 2.45) is 0 Å². The van der Waals surface area contributed by atoms with Gasteiger partial charge in [0.25, 0.3) is 0 Å². The van der Waals surface area contributed by atoms with E-state index in [1.54, 1.807) is 0 Å². The van der Waals surface area contributed by atoms with E-state index in [1.807, 2.05) is 6.92 Å². The van der Waals surface area contributed by atoms with Crippen LogP contribution >= 0.6 is 0 Å². The van der Waals surface area contributed by atoms with Crippen LogP contribution in [0, 0.1) is 0 Å². The third-order valence-corrected chi connectivity index (χ3v) is 4.51. The summed E-state index contributed by atoms with van der Waals surface area (Å²) in [5, 5.41) is 11.9. The molecule has 5 heteroatoms. The molecule has 0 aromatic heterocycles. The van der Waals surface area contributed by atoms with Gasteiger partial charge in [0.2, 0.25) is 5.91 Å². The number of carbonyl (C=O) groups is 2. The predicted molar refractivity (Wildman–Crippen MR) is 74.4 cm³/mol. The first-order chi connectivity index (χ1) is 9.54. The fraction of sp³-hybridized carbons (Fsp3) is 0.867. The summed E-state index contributed by atoms with van der Waals surface area (Å²) >= 11 is 0. The first kappa shape index (κ1) is 15.3. The zero-order valence-electron chi connectivity index (χ0n) is 12.2. The lowest BCUT2D eigenvalue weighted by Crippen LogP contribution is -2.57. The van der Waals surface area contributed by atoms with Gasteiger partial charge in [0, 0.05) is 0 Å². The first-order valence-electron chi connectivity index (χ1n) is 7.74. The minimum atomic E-state index is -0.852. The van der Waals surface area contributed by atoms with Crippen molar-refractivity contribution in [2.75, 3.05) is 0 Å². The molecule has 0 spiro atoms. The van der Waals surface area contributed by atoms with E-state index in [0.717, 1.165) is 32.1 Å². The van der Waals surface area contributed by atoms with Gasteiger partial charge in [-0.1, -0.05) is 19.8 Å². The van der Waals surface area contributed by atoms with Gasteiger partial charge < -0.3 is 15.2 Å². The third kappa shape index (κ3) is 3.72. The van der Waals surface area contributed by atoms with Crippen LogP contribution in [0.15, 0.2) is 0 Å². The lowest BCUT2D eigenvalue weighted by Gasteiger charge is -2.42.